The van der Waals surface area contributed by atoms with Crippen LogP contribution in [0.2, 0.25) is 13.6 Å². The van der Waals surface area contributed by atoms with Crippen LogP contribution < -0.4 is 4.72 Å². The summed E-state index contributed by atoms with van der Waals surface area (Å²) in [6.45, 7) is 2.69. The Morgan fingerprint density at radius 1 is 1.35 bits per heavy atom. The highest BCUT2D eigenvalue weighted by Crippen LogP contribution is 2.29. The lowest BCUT2D eigenvalue weighted by Crippen LogP contribution is -2.47. The van der Waals surface area contributed by atoms with E-state index < -0.39 is 30.5 Å². The molecule has 0 radical (unpaired) electrons. The van der Waals surface area contributed by atoms with Crippen LogP contribution >= 0.6 is 0 Å². The van der Waals surface area contributed by atoms with E-state index in [-0.39, 0.29) is 5.69 Å². The fraction of sp³-hybridized carbons (Fsp3) is 0.250. The van der Waals surface area contributed by atoms with Crippen LogP contribution in [0.1, 0.15) is 0 Å². The van der Waals surface area contributed by atoms with E-state index in [4.69, 9.17) is 0 Å². The third-order valence-electron chi connectivity index (χ3n) is 2.22. The van der Waals surface area contributed by atoms with Gasteiger partial charge in [-0.25, -0.2) is 4.39 Å². The molecule has 6 nitrogen and oxygen atoms in total. The third-order valence-corrected chi connectivity index (χ3v) is 2.22. The van der Waals surface area contributed by atoms with Gasteiger partial charge in [-0.3, -0.25) is 10.1 Å². The Hall–Kier alpha value is -1.60. The highest BCUT2D eigenvalue weighted by molar-refractivity contribution is 6.75. The molecule has 1 rings (SSSR count). The molecule has 0 aromatic heterocycles. The maximum Gasteiger partial charge on any atom is 0.398 e. The van der Waals surface area contributed by atoms with Crippen molar-refractivity contribution in [1.29, 1.82) is 0 Å². The van der Waals surface area contributed by atoms with Crippen LogP contribution in [0.5, 0.6) is 0 Å². The van der Waals surface area contributed by atoms with Gasteiger partial charge in [-0.2, -0.15) is 0 Å². The van der Waals surface area contributed by atoms with Crippen LogP contribution in [-0.2, 0) is 0 Å². The average molecular weight is 240 g/mol. The minimum Gasteiger partial charge on any atom is -0.433 e. The summed E-state index contributed by atoms with van der Waals surface area (Å²) in [6.07, 6.45) is 0. The lowest BCUT2D eigenvalue weighted by molar-refractivity contribution is -0.384. The largest absolute Gasteiger partial charge is 0.433 e. The second-order valence-electron chi connectivity index (χ2n) is 3.56. The van der Waals surface area contributed by atoms with Crippen molar-refractivity contribution in [2.24, 2.45) is 0 Å². The number of rotatable bonds is 4. The first-order valence-electron chi connectivity index (χ1n) is 4.93. The highest BCUT2D eigenvalue weighted by atomic mass is 19.1. The number of halogens is 1. The fourth-order valence-corrected chi connectivity index (χ4v) is 1.58. The number of nitro benzene ring substituents is 1. The van der Waals surface area contributed by atoms with Gasteiger partial charge in [0.05, 0.1) is 16.7 Å². The van der Waals surface area contributed by atoms with Gasteiger partial charge < -0.3 is 14.8 Å². The fourth-order valence-electron chi connectivity index (χ4n) is 1.58. The van der Waals surface area contributed by atoms with Gasteiger partial charge in [0.2, 0.25) is 0 Å². The van der Waals surface area contributed by atoms with E-state index in [2.05, 4.69) is 0 Å². The summed E-state index contributed by atoms with van der Waals surface area (Å²) < 4.78 is 13.9. The Kier molecular flexibility index (Phi) is 4.08. The second-order valence-corrected chi connectivity index (χ2v) is 3.56. The molecule has 0 saturated heterocycles. The van der Waals surface area contributed by atoms with E-state index >= 15 is 0 Å². The van der Waals surface area contributed by atoms with E-state index in [0.717, 1.165) is 22.9 Å². The first-order chi connectivity index (χ1) is 7.84. The Morgan fingerprint density at radius 3 is 2.29 bits per heavy atom. The zero-order chi connectivity index (χ0) is 13.2. The van der Waals surface area contributed by atoms with Gasteiger partial charge in [0.15, 0.2) is 0 Å². The number of hydrogen-bond donors (Lipinski definition) is 2. The molecule has 2 N–H and O–H groups in total. The van der Waals surface area contributed by atoms with Crippen molar-refractivity contribution in [1.82, 2.24) is 0 Å². The van der Waals surface area contributed by atoms with Gasteiger partial charge in [-0.15, -0.1) is 0 Å². The minimum absolute atomic E-state index is 0.0404. The summed E-state index contributed by atoms with van der Waals surface area (Å²) in [6, 6.07) is 2.92. The van der Waals surface area contributed by atoms with Crippen molar-refractivity contribution in [3.63, 3.8) is 0 Å². The van der Waals surface area contributed by atoms with E-state index in [1.54, 1.807) is 0 Å². The van der Waals surface area contributed by atoms with Gasteiger partial charge in [0.25, 0.3) is 5.69 Å². The molecule has 0 amide bonds. The van der Waals surface area contributed by atoms with Crippen molar-refractivity contribution in [2.75, 3.05) is 4.72 Å². The lowest BCUT2D eigenvalue weighted by Gasteiger charge is -2.26. The van der Waals surface area contributed by atoms with Crippen LogP contribution in [0, 0.1) is 15.9 Å². The molecule has 0 bridgehead atoms. The SMILES string of the molecule is CB(O)N(B(C)O)c1ccc(F)cc1[N+](=O)[O-]. The van der Waals surface area contributed by atoms with Crippen molar-refractivity contribution in [3.8, 4) is 0 Å². The van der Waals surface area contributed by atoms with Crippen molar-refractivity contribution in [2.45, 2.75) is 13.6 Å². The van der Waals surface area contributed by atoms with E-state index in [9.17, 15) is 24.6 Å². The summed E-state index contributed by atoms with van der Waals surface area (Å²) in [4.78, 5) is 10.0. The predicted octanol–water partition coefficient (Wildman–Crippen LogP) is 0.761. The predicted molar refractivity (Wildman–Crippen MR) is 63.2 cm³/mol. The quantitative estimate of drug-likeness (QED) is 0.460. The molecule has 0 atom stereocenters. The third kappa shape index (κ3) is 2.95. The van der Waals surface area contributed by atoms with Gasteiger partial charge in [0.1, 0.15) is 5.82 Å². The maximum atomic E-state index is 12.9. The summed E-state index contributed by atoms with van der Waals surface area (Å²) in [7, 11) is -2.28. The molecule has 0 aliphatic heterocycles. The van der Waals surface area contributed by atoms with Crippen LogP contribution in [-0.4, -0.2) is 29.1 Å². The van der Waals surface area contributed by atoms with Crippen molar-refractivity contribution < 1.29 is 19.4 Å². The molecular formula is C8H11B2FN2O4. The molecule has 17 heavy (non-hydrogen) atoms. The van der Waals surface area contributed by atoms with Crippen LogP contribution in [0.4, 0.5) is 15.8 Å². The standard InChI is InChI=1S/C8H11B2FN2O4/c1-9(14)12(10(2)15)7-4-3-6(11)5-8(7)13(16)17/h3-5,14-15H,1-2H3. The number of benzene rings is 1. The molecule has 0 saturated carbocycles. The number of hydrogen-bond acceptors (Lipinski definition) is 5. The zero-order valence-corrected chi connectivity index (χ0v) is 9.37. The van der Waals surface area contributed by atoms with Crippen LogP contribution in [0.25, 0.3) is 0 Å². The molecular weight excluding hydrogens is 229 g/mol. The number of nitrogens with zero attached hydrogens (tertiary/aromatic N) is 2. The molecule has 1 aromatic rings. The van der Waals surface area contributed by atoms with Crippen LogP contribution in [0.15, 0.2) is 18.2 Å². The second kappa shape index (κ2) is 5.15. The molecule has 0 aliphatic rings. The van der Waals surface area contributed by atoms with E-state index in [1.165, 1.54) is 13.6 Å². The smallest absolute Gasteiger partial charge is 0.398 e. The molecule has 0 aliphatic carbocycles. The first kappa shape index (κ1) is 13.5. The Bertz CT molecular complexity index is 422. The molecule has 0 unspecified atom stereocenters. The monoisotopic (exact) mass is 240 g/mol. The van der Waals surface area contributed by atoms with Crippen molar-refractivity contribution in [3.05, 3.63) is 34.1 Å². The Balaban J connectivity index is 3.32. The first-order valence-corrected chi connectivity index (χ1v) is 4.93. The zero-order valence-electron chi connectivity index (χ0n) is 9.37. The van der Waals surface area contributed by atoms with E-state index in [1.807, 2.05) is 0 Å². The molecule has 9 heteroatoms. The lowest BCUT2D eigenvalue weighted by atomic mass is 9.68. The molecule has 0 fully saturated rings. The molecule has 0 heterocycles. The molecule has 1 aromatic carbocycles. The Morgan fingerprint density at radius 2 is 1.88 bits per heavy atom. The molecule has 90 valence electrons. The van der Waals surface area contributed by atoms with Gasteiger partial charge in [-0.05, 0) is 25.8 Å². The highest BCUT2D eigenvalue weighted by Gasteiger charge is 2.30. The number of nitro groups is 1. The summed E-state index contributed by atoms with van der Waals surface area (Å²) >= 11 is 0. The topological polar surface area (TPSA) is 86.8 Å². The normalized spacial score (nSPS) is 9.94. The van der Waals surface area contributed by atoms with Gasteiger partial charge in [0, 0.05) is 0 Å². The minimum atomic E-state index is -1.14. The maximum absolute atomic E-state index is 12.9. The average Bonchev–Trinajstić information content (AvgIpc) is 2.19. The van der Waals surface area contributed by atoms with Gasteiger partial charge in [-0.1, -0.05) is 0 Å². The van der Waals surface area contributed by atoms with Crippen molar-refractivity contribution >= 4 is 25.5 Å². The number of anilines is 1. The summed E-state index contributed by atoms with van der Waals surface area (Å²) in [5.41, 5.74) is -0.548. The van der Waals surface area contributed by atoms with Crippen LogP contribution in [0.3, 0.4) is 0 Å². The summed E-state index contributed by atoms with van der Waals surface area (Å²) in [5, 5.41) is 29.7. The van der Waals surface area contributed by atoms with E-state index in [0.29, 0.717) is 0 Å². The summed E-state index contributed by atoms with van der Waals surface area (Å²) in [5.74, 6) is -0.753. The van der Waals surface area contributed by atoms with Gasteiger partial charge >= 0.3 is 14.1 Å². The molecule has 0 spiro atoms. The Labute approximate surface area is 98.1 Å².